The molecule has 15 heavy (non-hydrogen) atoms. The van der Waals surface area contributed by atoms with E-state index in [1.54, 1.807) is 0 Å². The second kappa shape index (κ2) is 4.77. The minimum atomic E-state index is 0.382. The molecule has 1 heterocycles. The second-order valence-corrected chi connectivity index (χ2v) is 4.31. The highest BCUT2D eigenvalue weighted by Crippen LogP contribution is 2.31. The van der Waals surface area contributed by atoms with Crippen LogP contribution in [0.5, 0.6) is 0 Å². The fraction of sp³-hybridized carbons (Fsp3) is 0.727. The molecule has 0 saturated heterocycles. The molecule has 2 rings (SSSR count). The Morgan fingerprint density at radius 1 is 1.47 bits per heavy atom. The van der Waals surface area contributed by atoms with Crippen LogP contribution in [-0.2, 0) is 6.54 Å². The number of hydrogen-bond acceptors (Lipinski definition) is 4. The van der Waals surface area contributed by atoms with Crippen LogP contribution in [0.4, 0.5) is 0 Å². The lowest BCUT2D eigenvalue weighted by molar-refractivity contribution is 0.329. The second-order valence-electron chi connectivity index (χ2n) is 4.31. The molecule has 0 atom stereocenters. The van der Waals surface area contributed by atoms with Crippen molar-refractivity contribution in [3.05, 3.63) is 17.8 Å². The van der Waals surface area contributed by atoms with Crippen LogP contribution in [0, 0.1) is 0 Å². The van der Waals surface area contributed by atoms with Crippen LogP contribution in [-0.4, -0.2) is 18.1 Å². The summed E-state index contributed by atoms with van der Waals surface area (Å²) in [5, 5.41) is 3.05. The summed E-state index contributed by atoms with van der Waals surface area (Å²) < 4.78 is 5.68. The molecule has 84 valence electrons. The number of nitrogens with zero attached hydrogens (tertiary/aromatic N) is 1. The molecule has 1 aliphatic rings. The van der Waals surface area contributed by atoms with Crippen LogP contribution in [0.3, 0.4) is 0 Å². The molecule has 0 radical (unpaired) electrons. The Balaban J connectivity index is 1.96. The summed E-state index contributed by atoms with van der Waals surface area (Å²) in [6.45, 7) is 0.749. The number of rotatable bonds is 3. The van der Waals surface area contributed by atoms with Crippen molar-refractivity contribution in [1.29, 1.82) is 0 Å². The predicted octanol–water partition coefficient (Wildman–Crippen LogP) is 1.38. The minimum absolute atomic E-state index is 0.382. The maximum absolute atomic E-state index is 5.87. The third-order valence-corrected chi connectivity index (χ3v) is 3.04. The van der Waals surface area contributed by atoms with Gasteiger partial charge in [0.15, 0.2) is 5.89 Å². The predicted molar refractivity (Wildman–Crippen MR) is 58.5 cm³/mol. The zero-order chi connectivity index (χ0) is 10.7. The van der Waals surface area contributed by atoms with Crippen molar-refractivity contribution in [1.82, 2.24) is 10.3 Å². The standard InChI is InChI=1S/C11H19N3O/c1-13-6-10-7-14-11(15-10)8-2-4-9(12)5-3-8/h7-9,13H,2-6,12H2,1H3. The molecule has 1 fully saturated rings. The van der Waals surface area contributed by atoms with Gasteiger partial charge in [-0.25, -0.2) is 4.98 Å². The molecule has 0 spiro atoms. The molecule has 0 unspecified atom stereocenters. The molecule has 4 heteroatoms. The van der Waals surface area contributed by atoms with Crippen molar-refractivity contribution >= 4 is 0 Å². The van der Waals surface area contributed by atoms with E-state index in [1.807, 2.05) is 13.2 Å². The summed E-state index contributed by atoms with van der Waals surface area (Å²) in [5.74, 6) is 2.30. The van der Waals surface area contributed by atoms with Gasteiger partial charge in [-0.2, -0.15) is 0 Å². The van der Waals surface area contributed by atoms with E-state index in [0.717, 1.165) is 43.9 Å². The van der Waals surface area contributed by atoms with Gasteiger partial charge < -0.3 is 15.5 Å². The van der Waals surface area contributed by atoms with Gasteiger partial charge in [0.2, 0.25) is 0 Å². The lowest BCUT2D eigenvalue weighted by Crippen LogP contribution is -2.25. The number of nitrogens with two attached hydrogens (primary N) is 1. The maximum Gasteiger partial charge on any atom is 0.197 e. The van der Waals surface area contributed by atoms with Crippen molar-refractivity contribution in [2.24, 2.45) is 5.73 Å². The molecule has 1 saturated carbocycles. The van der Waals surface area contributed by atoms with Crippen LogP contribution in [0.15, 0.2) is 10.6 Å². The van der Waals surface area contributed by atoms with Gasteiger partial charge in [-0.05, 0) is 32.7 Å². The molecule has 1 aromatic rings. The quantitative estimate of drug-likeness (QED) is 0.789. The Labute approximate surface area is 90.2 Å². The fourth-order valence-electron chi connectivity index (χ4n) is 2.13. The largest absolute Gasteiger partial charge is 0.444 e. The zero-order valence-electron chi connectivity index (χ0n) is 9.20. The number of nitrogens with one attached hydrogen (secondary N) is 1. The van der Waals surface area contributed by atoms with Crippen LogP contribution >= 0.6 is 0 Å². The van der Waals surface area contributed by atoms with Crippen molar-refractivity contribution in [2.45, 2.75) is 44.2 Å². The average Bonchev–Trinajstić information content (AvgIpc) is 2.68. The molecule has 1 aliphatic carbocycles. The first-order valence-electron chi connectivity index (χ1n) is 5.64. The Hall–Kier alpha value is -0.870. The van der Waals surface area contributed by atoms with Crippen LogP contribution in [0.1, 0.15) is 43.3 Å². The number of oxazole rings is 1. The number of hydrogen-bond donors (Lipinski definition) is 2. The first-order valence-corrected chi connectivity index (χ1v) is 5.64. The van der Waals surface area contributed by atoms with E-state index >= 15 is 0 Å². The zero-order valence-corrected chi connectivity index (χ0v) is 9.20. The Bertz CT molecular complexity index is 303. The van der Waals surface area contributed by atoms with Gasteiger partial charge in [-0.1, -0.05) is 0 Å². The van der Waals surface area contributed by atoms with Crippen LogP contribution in [0.2, 0.25) is 0 Å². The maximum atomic E-state index is 5.87. The molecule has 4 nitrogen and oxygen atoms in total. The van der Waals surface area contributed by atoms with E-state index in [4.69, 9.17) is 10.2 Å². The molecule has 0 amide bonds. The van der Waals surface area contributed by atoms with Crippen molar-refractivity contribution < 1.29 is 4.42 Å². The topological polar surface area (TPSA) is 64.1 Å². The van der Waals surface area contributed by atoms with Gasteiger partial charge in [-0.3, -0.25) is 0 Å². The molecule has 0 aromatic carbocycles. The Kier molecular flexibility index (Phi) is 3.38. The summed E-state index contributed by atoms with van der Waals surface area (Å²) >= 11 is 0. The SMILES string of the molecule is CNCc1cnc(C2CCC(N)CC2)o1. The first kappa shape index (κ1) is 10.6. The third-order valence-electron chi connectivity index (χ3n) is 3.04. The van der Waals surface area contributed by atoms with E-state index in [-0.39, 0.29) is 0 Å². The first-order chi connectivity index (χ1) is 7.29. The van der Waals surface area contributed by atoms with E-state index in [2.05, 4.69) is 10.3 Å². The molecule has 3 N–H and O–H groups in total. The summed E-state index contributed by atoms with van der Waals surface area (Å²) in [6.07, 6.45) is 6.23. The van der Waals surface area contributed by atoms with E-state index in [1.165, 1.54) is 0 Å². The van der Waals surface area contributed by atoms with Crippen molar-refractivity contribution in [3.63, 3.8) is 0 Å². The van der Waals surface area contributed by atoms with Gasteiger partial charge >= 0.3 is 0 Å². The highest BCUT2D eigenvalue weighted by Gasteiger charge is 2.23. The molecule has 1 aromatic heterocycles. The van der Waals surface area contributed by atoms with Gasteiger partial charge in [0, 0.05) is 12.0 Å². The number of aromatic nitrogens is 1. The van der Waals surface area contributed by atoms with E-state index in [9.17, 15) is 0 Å². The van der Waals surface area contributed by atoms with Gasteiger partial charge in [0.25, 0.3) is 0 Å². The Morgan fingerprint density at radius 3 is 2.87 bits per heavy atom. The third kappa shape index (κ3) is 2.58. The minimum Gasteiger partial charge on any atom is -0.444 e. The lowest BCUT2D eigenvalue weighted by atomic mass is 9.86. The van der Waals surface area contributed by atoms with Crippen LogP contribution in [0.25, 0.3) is 0 Å². The van der Waals surface area contributed by atoms with Crippen molar-refractivity contribution in [3.8, 4) is 0 Å². The Morgan fingerprint density at radius 2 is 2.20 bits per heavy atom. The van der Waals surface area contributed by atoms with E-state index in [0.29, 0.717) is 12.0 Å². The average molecular weight is 209 g/mol. The molecule has 0 bridgehead atoms. The highest BCUT2D eigenvalue weighted by molar-refractivity contribution is 5.00. The molecular formula is C11H19N3O. The smallest absolute Gasteiger partial charge is 0.197 e. The summed E-state index contributed by atoms with van der Waals surface area (Å²) in [4.78, 5) is 4.34. The highest BCUT2D eigenvalue weighted by atomic mass is 16.4. The van der Waals surface area contributed by atoms with E-state index < -0.39 is 0 Å². The van der Waals surface area contributed by atoms with Gasteiger partial charge in [0.1, 0.15) is 5.76 Å². The molecular weight excluding hydrogens is 190 g/mol. The normalized spacial score (nSPS) is 26.8. The van der Waals surface area contributed by atoms with Crippen molar-refractivity contribution in [2.75, 3.05) is 7.05 Å². The monoisotopic (exact) mass is 209 g/mol. The summed E-state index contributed by atoms with van der Waals surface area (Å²) in [7, 11) is 1.90. The summed E-state index contributed by atoms with van der Waals surface area (Å²) in [6, 6.07) is 0.382. The summed E-state index contributed by atoms with van der Waals surface area (Å²) in [5.41, 5.74) is 5.87. The van der Waals surface area contributed by atoms with Gasteiger partial charge in [-0.15, -0.1) is 0 Å². The lowest BCUT2D eigenvalue weighted by Gasteiger charge is -2.23. The fourth-order valence-corrected chi connectivity index (χ4v) is 2.13. The van der Waals surface area contributed by atoms with Crippen LogP contribution < -0.4 is 11.1 Å². The van der Waals surface area contributed by atoms with Gasteiger partial charge in [0.05, 0.1) is 12.7 Å². The molecule has 0 aliphatic heterocycles.